The molecule has 0 bridgehead atoms. The van der Waals surface area contributed by atoms with Gasteiger partial charge in [0.1, 0.15) is 5.72 Å². The molecule has 102 valence electrons. The van der Waals surface area contributed by atoms with E-state index in [1.807, 2.05) is 6.07 Å². The Hall–Kier alpha value is -1.36. The zero-order chi connectivity index (χ0) is 14.2. The molecule has 2 rings (SSSR count). The maximum Gasteiger partial charge on any atom is 0.334 e. The summed E-state index contributed by atoms with van der Waals surface area (Å²) in [6.45, 7) is 7.29. The predicted molar refractivity (Wildman–Crippen MR) is 74.0 cm³/mol. The van der Waals surface area contributed by atoms with Gasteiger partial charge < -0.3 is 9.84 Å². The van der Waals surface area contributed by atoms with Gasteiger partial charge in [-0.2, -0.15) is 0 Å². The predicted octanol–water partition coefficient (Wildman–Crippen LogP) is 2.83. The summed E-state index contributed by atoms with van der Waals surface area (Å²) >= 11 is 6.02. The van der Waals surface area contributed by atoms with Crippen LogP contribution in [0.15, 0.2) is 24.8 Å². The van der Waals surface area contributed by atoms with E-state index in [0.717, 1.165) is 11.1 Å². The van der Waals surface area contributed by atoms with Gasteiger partial charge in [0.2, 0.25) is 0 Å². The fourth-order valence-electron chi connectivity index (χ4n) is 2.23. The van der Waals surface area contributed by atoms with Crippen LogP contribution in [-0.4, -0.2) is 22.9 Å². The normalized spacial score (nSPS) is 25.2. The summed E-state index contributed by atoms with van der Waals surface area (Å²) in [4.78, 5) is 11.3. The SMILES string of the molecule is C=Cc1cc(C2NC(C)(C)OC2C(=O)O)ccc1Cl. The molecule has 1 aromatic rings. The number of ether oxygens (including phenoxy) is 1. The summed E-state index contributed by atoms with van der Waals surface area (Å²) in [5, 5.41) is 13.0. The summed E-state index contributed by atoms with van der Waals surface area (Å²) in [6.07, 6.45) is 0.719. The van der Waals surface area contributed by atoms with Crippen molar-refractivity contribution in [2.24, 2.45) is 0 Å². The van der Waals surface area contributed by atoms with Crippen molar-refractivity contribution in [3.05, 3.63) is 40.9 Å². The fraction of sp³-hybridized carbons (Fsp3) is 0.357. The molecule has 2 atom stereocenters. The molecule has 1 saturated heterocycles. The Bertz CT molecular complexity index is 527. The van der Waals surface area contributed by atoms with E-state index in [-0.39, 0.29) is 0 Å². The van der Waals surface area contributed by atoms with E-state index in [1.54, 1.807) is 32.1 Å². The lowest BCUT2D eigenvalue weighted by atomic mass is 9.99. The Morgan fingerprint density at radius 3 is 2.84 bits per heavy atom. The number of rotatable bonds is 3. The van der Waals surface area contributed by atoms with Crippen LogP contribution in [0.5, 0.6) is 0 Å². The summed E-state index contributed by atoms with van der Waals surface area (Å²) in [7, 11) is 0. The summed E-state index contributed by atoms with van der Waals surface area (Å²) in [5.41, 5.74) is 0.911. The average molecular weight is 282 g/mol. The van der Waals surface area contributed by atoms with E-state index < -0.39 is 23.8 Å². The largest absolute Gasteiger partial charge is 0.479 e. The first kappa shape index (κ1) is 14.1. The van der Waals surface area contributed by atoms with Crippen LogP contribution in [0, 0.1) is 0 Å². The van der Waals surface area contributed by atoms with Crippen molar-refractivity contribution < 1.29 is 14.6 Å². The molecule has 5 heteroatoms. The smallest absolute Gasteiger partial charge is 0.334 e. The number of carboxylic acids is 1. The van der Waals surface area contributed by atoms with Crippen LogP contribution in [0.3, 0.4) is 0 Å². The number of nitrogens with one attached hydrogen (secondary N) is 1. The van der Waals surface area contributed by atoms with E-state index >= 15 is 0 Å². The third-order valence-corrected chi connectivity index (χ3v) is 3.41. The molecule has 4 nitrogen and oxygen atoms in total. The molecule has 0 saturated carbocycles. The van der Waals surface area contributed by atoms with Gasteiger partial charge in [-0.1, -0.05) is 30.3 Å². The molecular formula is C14H16ClNO3. The molecule has 0 spiro atoms. The highest BCUT2D eigenvalue weighted by Crippen LogP contribution is 2.33. The maximum atomic E-state index is 11.3. The lowest BCUT2D eigenvalue weighted by Gasteiger charge is -2.18. The molecular weight excluding hydrogens is 266 g/mol. The minimum absolute atomic E-state index is 0.413. The molecule has 1 fully saturated rings. The molecule has 0 aliphatic carbocycles. The summed E-state index contributed by atoms with van der Waals surface area (Å²) in [5.74, 6) is -0.988. The van der Waals surface area contributed by atoms with Crippen molar-refractivity contribution in [2.75, 3.05) is 0 Å². The number of benzene rings is 1. The molecule has 2 unspecified atom stereocenters. The van der Waals surface area contributed by atoms with Crippen molar-refractivity contribution in [1.29, 1.82) is 0 Å². The first-order chi connectivity index (χ1) is 8.84. The number of halogens is 1. The molecule has 1 aromatic carbocycles. The average Bonchev–Trinajstić information content (AvgIpc) is 2.66. The molecule has 2 N–H and O–H groups in total. The lowest BCUT2D eigenvalue weighted by molar-refractivity contribution is -0.153. The Kier molecular flexibility index (Phi) is 3.67. The van der Waals surface area contributed by atoms with Crippen LogP contribution in [-0.2, 0) is 9.53 Å². The van der Waals surface area contributed by atoms with Gasteiger partial charge in [0.15, 0.2) is 6.10 Å². The standard InChI is InChI=1S/C14H16ClNO3/c1-4-8-7-9(5-6-10(8)15)11-12(13(17)18)19-14(2,3)16-11/h4-7,11-12,16H,1H2,2-3H3,(H,17,18). The Labute approximate surface area is 117 Å². The van der Waals surface area contributed by atoms with Gasteiger partial charge in [0.05, 0.1) is 6.04 Å². The zero-order valence-corrected chi connectivity index (χ0v) is 11.6. The minimum atomic E-state index is -0.988. The minimum Gasteiger partial charge on any atom is -0.479 e. The molecule has 19 heavy (non-hydrogen) atoms. The fourth-order valence-corrected chi connectivity index (χ4v) is 2.43. The van der Waals surface area contributed by atoms with Crippen LogP contribution in [0.4, 0.5) is 0 Å². The van der Waals surface area contributed by atoms with Gasteiger partial charge in [0, 0.05) is 5.02 Å². The molecule has 1 aliphatic rings. The van der Waals surface area contributed by atoms with Crippen LogP contribution < -0.4 is 5.32 Å². The molecule has 0 radical (unpaired) electrons. The Morgan fingerprint density at radius 2 is 2.26 bits per heavy atom. The number of hydrogen-bond acceptors (Lipinski definition) is 3. The van der Waals surface area contributed by atoms with Crippen molar-refractivity contribution in [3.63, 3.8) is 0 Å². The first-order valence-electron chi connectivity index (χ1n) is 5.94. The number of carbonyl (C=O) groups is 1. The van der Waals surface area contributed by atoms with Gasteiger partial charge in [-0.05, 0) is 37.1 Å². The number of aliphatic carboxylic acids is 1. The number of hydrogen-bond donors (Lipinski definition) is 2. The van der Waals surface area contributed by atoms with E-state index in [2.05, 4.69) is 11.9 Å². The summed E-state index contributed by atoms with van der Waals surface area (Å²) < 4.78 is 5.51. The van der Waals surface area contributed by atoms with Gasteiger partial charge in [-0.3, -0.25) is 5.32 Å². The maximum absolute atomic E-state index is 11.3. The van der Waals surface area contributed by atoms with Crippen molar-refractivity contribution in [1.82, 2.24) is 5.32 Å². The second kappa shape index (κ2) is 4.96. The van der Waals surface area contributed by atoms with Crippen LogP contribution in [0.1, 0.15) is 31.0 Å². The highest BCUT2D eigenvalue weighted by atomic mass is 35.5. The topological polar surface area (TPSA) is 58.6 Å². The Balaban J connectivity index is 2.39. The van der Waals surface area contributed by atoms with Crippen LogP contribution >= 0.6 is 11.6 Å². The third-order valence-electron chi connectivity index (χ3n) is 3.07. The highest BCUT2D eigenvalue weighted by molar-refractivity contribution is 6.32. The van der Waals surface area contributed by atoms with E-state index in [4.69, 9.17) is 16.3 Å². The van der Waals surface area contributed by atoms with Gasteiger partial charge in [-0.15, -0.1) is 0 Å². The van der Waals surface area contributed by atoms with Crippen LogP contribution in [0.2, 0.25) is 5.02 Å². The second-order valence-electron chi connectivity index (χ2n) is 4.99. The second-order valence-corrected chi connectivity index (χ2v) is 5.40. The van der Waals surface area contributed by atoms with E-state index in [0.29, 0.717) is 5.02 Å². The molecule has 1 aliphatic heterocycles. The quantitative estimate of drug-likeness (QED) is 0.894. The van der Waals surface area contributed by atoms with Crippen molar-refractivity contribution >= 4 is 23.6 Å². The van der Waals surface area contributed by atoms with Crippen molar-refractivity contribution in [2.45, 2.75) is 31.7 Å². The van der Waals surface area contributed by atoms with E-state index in [9.17, 15) is 9.90 Å². The van der Waals surface area contributed by atoms with Crippen molar-refractivity contribution in [3.8, 4) is 0 Å². The van der Waals surface area contributed by atoms with Gasteiger partial charge >= 0.3 is 5.97 Å². The highest BCUT2D eigenvalue weighted by Gasteiger charge is 2.44. The first-order valence-corrected chi connectivity index (χ1v) is 6.32. The third kappa shape index (κ3) is 2.81. The van der Waals surface area contributed by atoms with Gasteiger partial charge in [0.25, 0.3) is 0 Å². The Morgan fingerprint density at radius 1 is 1.58 bits per heavy atom. The zero-order valence-electron chi connectivity index (χ0n) is 10.8. The molecule has 0 aromatic heterocycles. The number of carboxylic acid groups (broad SMARTS) is 1. The monoisotopic (exact) mass is 281 g/mol. The van der Waals surface area contributed by atoms with Gasteiger partial charge in [-0.25, -0.2) is 4.79 Å². The van der Waals surface area contributed by atoms with Crippen LogP contribution in [0.25, 0.3) is 6.08 Å². The molecule has 0 amide bonds. The molecule has 1 heterocycles. The summed E-state index contributed by atoms with van der Waals surface area (Å²) in [6, 6.07) is 4.95. The lowest BCUT2D eigenvalue weighted by Crippen LogP contribution is -2.34. The van der Waals surface area contributed by atoms with E-state index in [1.165, 1.54) is 0 Å².